The molecule has 1 nitrogen and oxygen atoms in total. The SMILES string of the molecule is c1ccc(-c2ccc(N(c3ccccc3)c3ccc(-c4cc5ccc6ccccc6c5c5ccccc45)c(-c4ccccc4)c3)cc2)cc1. The van der Waals surface area contributed by atoms with Crippen LogP contribution in [0.2, 0.25) is 0 Å². The summed E-state index contributed by atoms with van der Waals surface area (Å²) in [5.41, 5.74) is 10.6. The topological polar surface area (TPSA) is 3.24 Å². The van der Waals surface area contributed by atoms with Crippen LogP contribution < -0.4 is 4.90 Å². The van der Waals surface area contributed by atoms with E-state index in [0.29, 0.717) is 0 Å². The van der Waals surface area contributed by atoms with E-state index >= 15 is 0 Å². The number of nitrogens with zero attached hydrogens (tertiary/aromatic N) is 1. The molecule has 0 spiro atoms. The number of para-hydroxylation sites is 1. The van der Waals surface area contributed by atoms with Gasteiger partial charge in [0.05, 0.1) is 0 Å². The number of benzene rings is 9. The Morgan fingerprint density at radius 2 is 0.796 bits per heavy atom. The van der Waals surface area contributed by atoms with Gasteiger partial charge >= 0.3 is 0 Å². The highest BCUT2D eigenvalue weighted by atomic mass is 15.1. The number of hydrogen-bond acceptors (Lipinski definition) is 1. The van der Waals surface area contributed by atoms with Crippen molar-refractivity contribution in [1.29, 1.82) is 0 Å². The van der Waals surface area contributed by atoms with Crippen LogP contribution in [0.4, 0.5) is 17.1 Å². The maximum absolute atomic E-state index is 2.39. The van der Waals surface area contributed by atoms with Gasteiger partial charge in [0.2, 0.25) is 0 Å². The molecule has 0 saturated heterocycles. The van der Waals surface area contributed by atoms with Crippen molar-refractivity contribution in [2.24, 2.45) is 0 Å². The standard InChI is InChI=1S/C48H33N/c1-4-14-34(15-5-1)35-26-28-40(29-27-35)49(39-19-8-3-9-20-39)41-30-31-44(46(33-41)36-16-6-2-7-17-36)47-32-38-25-24-37-18-10-11-21-42(37)48(38)45-23-13-12-22-43(45)47/h1-33H. The first-order valence-corrected chi connectivity index (χ1v) is 16.9. The van der Waals surface area contributed by atoms with Crippen molar-refractivity contribution < 1.29 is 0 Å². The summed E-state index contributed by atoms with van der Waals surface area (Å²) in [4.78, 5) is 2.36. The van der Waals surface area contributed by atoms with Crippen molar-refractivity contribution in [3.8, 4) is 33.4 Å². The zero-order chi connectivity index (χ0) is 32.6. The van der Waals surface area contributed by atoms with Crippen LogP contribution >= 0.6 is 0 Å². The monoisotopic (exact) mass is 623 g/mol. The molecule has 0 fully saturated rings. The predicted octanol–water partition coefficient (Wildman–Crippen LogP) is 13.6. The molecule has 0 unspecified atom stereocenters. The highest BCUT2D eigenvalue weighted by molar-refractivity contribution is 6.23. The Bertz CT molecular complexity index is 2570. The minimum atomic E-state index is 1.11. The van der Waals surface area contributed by atoms with E-state index in [-0.39, 0.29) is 0 Å². The molecule has 0 aliphatic rings. The number of rotatable bonds is 6. The molecule has 0 radical (unpaired) electrons. The Morgan fingerprint density at radius 1 is 0.265 bits per heavy atom. The lowest BCUT2D eigenvalue weighted by atomic mass is 9.87. The van der Waals surface area contributed by atoms with Crippen LogP contribution in [-0.4, -0.2) is 0 Å². The third-order valence-electron chi connectivity index (χ3n) is 9.63. The molecule has 0 aromatic heterocycles. The summed E-state index contributed by atoms with van der Waals surface area (Å²) in [7, 11) is 0. The molecule has 0 heterocycles. The van der Waals surface area contributed by atoms with Gasteiger partial charge in [-0.2, -0.15) is 0 Å². The average molecular weight is 624 g/mol. The van der Waals surface area contributed by atoms with Gasteiger partial charge in [0.15, 0.2) is 0 Å². The van der Waals surface area contributed by atoms with Crippen molar-refractivity contribution in [2.75, 3.05) is 4.90 Å². The van der Waals surface area contributed by atoms with Gasteiger partial charge in [-0.1, -0.05) is 158 Å². The Hall–Kier alpha value is -6.44. The van der Waals surface area contributed by atoms with E-state index in [2.05, 4.69) is 205 Å². The molecule has 0 bridgehead atoms. The van der Waals surface area contributed by atoms with Crippen LogP contribution in [0, 0.1) is 0 Å². The van der Waals surface area contributed by atoms with Gasteiger partial charge in [-0.05, 0) is 108 Å². The molecule has 0 N–H and O–H groups in total. The van der Waals surface area contributed by atoms with Crippen LogP contribution in [0.5, 0.6) is 0 Å². The predicted molar refractivity (Wildman–Crippen MR) is 210 cm³/mol. The summed E-state index contributed by atoms with van der Waals surface area (Å²) in [6.45, 7) is 0. The fourth-order valence-electron chi connectivity index (χ4n) is 7.32. The summed E-state index contributed by atoms with van der Waals surface area (Å²) in [5.74, 6) is 0. The van der Waals surface area contributed by atoms with Crippen molar-refractivity contribution in [3.05, 3.63) is 200 Å². The molecule has 9 aromatic rings. The first-order chi connectivity index (χ1) is 24.3. The third-order valence-corrected chi connectivity index (χ3v) is 9.63. The largest absolute Gasteiger partial charge is 0.310 e. The van der Waals surface area contributed by atoms with Gasteiger partial charge in [0, 0.05) is 17.1 Å². The Morgan fingerprint density at radius 3 is 1.53 bits per heavy atom. The number of fused-ring (bicyclic) bond motifs is 5. The number of hydrogen-bond donors (Lipinski definition) is 0. The van der Waals surface area contributed by atoms with E-state index in [0.717, 1.165) is 17.1 Å². The molecule has 0 aliphatic heterocycles. The lowest BCUT2D eigenvalue weighted by molar-refractivity contribution is 1.28. The molecule has 9 aromatic carbocycles. The molecule has 49 heavy (non-hydrogen) atoms. The number of anilines is 3. The van der Waals surface area contributed by atoms with Gasteiger partial charge in [-0.3, -0.25) is 0 Å². The molecular formula is C48H33N. The maximum Gasteiger partial charge on any atom is 0.0468 e. The zero-order valence-electron chi connectivity index (χ0n) is 27.0. The quantitative estimate of drug-likeness (QED) is 0.167. The molecule has 9 rings (SSSR count). The fourth-order valence-corrected chi connectivity index (χ4v) is 7.32. The lowest BCUT2D eigenvalue weighted by Crippen LogP contribution is -2.10. The van der Waals surface area contributed by atoms with Gasteiger partial charge in [0.1, 0.15) is 0 Å². The Kier molecular flexibility index (Phi) is 7.22. The van der Waals surface area contributed by atoms with E-state index in [1.165, 1.54) is 65.7 Å². The van der Waals surface area contributed by atoms with Crippen molar-refractivity contribution in [1.82, 2.24) is 0 Å². The highest BCUT2D eigenvalue weighted by Crippen LogP contribution is 2.44. The van der Waals surface area contributed by atoms with Crippen molar-refractivity contribution in [3.63, 3.8) is 0 Å². The smallest absolute Gasteiger partial charge is 0.0468 e. The van der Waals surface area contributed by atoms with Crippen LogP contribution in [0.1, 0.15) is 0 Å². The van der Waals surface area contributed by atoms with Crippen LogP contribution in [-0.2, 0) is 0 Å². The zero-order valence-corrected chi connectivity index (χ0v) is 27.0. The molecule has 0 amide bonds. The summed E-state index contributed by atoms with van der Waals surface area (Å²) >= 11 is 0. The summed E-state index contributed by atoms with van der Waals surface area (Å²) in [6.07, 6.45) is 0. The molecule has 0 saturated carbocycles. The Labute approximate surface area is 287 Å². The van der Waals surface area contributed by atoms with E-state index in [1.807, 2.05) is 0 Å². The first kappa shape index (κ1) is 28.8. The second-order valence-electron chi connectivity index (χ2n) is 12.5. The molecule has 230 valence electrons. The van der Waals surface area contributed by atoms with Gasteiger partial charge < -0.3 is 4.90 Å². The van der Waals surface area contributed by atoms with E-state index in [4.69, 9.17) is 0 Å². The second-order valence-corrected chi connectivity index (χ2v) is 12.5. The maximum atomic E-state index is 2.39. The minimum absolute atomic E-state index is 1.11. The normalized spacial score (nSPS) is 11.3. The van der Waals surface area contributed by atoms with E-state index in [9.17, 15) is 0 Å². The van der Waals surface area contributed by atoms with E-state index < -0.39 is 0 Å². The van der Waals surface area contributed by atoms with Crippen LogP contribution in [0.15, 0.2) is 200 Å². The molecule has 0 aliphatic carbocycles. The molecule has 1 heteroatoms. The summed E-state index contributed by atoms with van der Waals surface area (Å²) in [5, 5.41) is 7.65. The van der Waals surface area contributed by atoms with Gasteiger partial charge in [0.25, 0.3) is 0 Å². The van der Waals surface area contributed by atoms with Crippen molar-refractivity contribution in [2.45, 2.75) is 0 Å². The van der Waals surface area contributed by atoms with Crippen molar-refractivity contribution >= 4 is 49.4 Å². The summed E-state index contributed by atoms with van der Waals surface area (Å²) < 4.78 is 0. The van der Waals surface area contributed by atoms with Gasteiger partial charge in [-0.25, -0.2) is 0 Å². The molecular weight excluding hydrogens is 591 g/mol. The average Bonchev–Trinajstić information content (AvgIpc) is 3.19. The van der Waals surface area contributed by atoms with E-state index in [1.54, 1.807) is 0 Å². The van der Waals surface area contributed by atoms with Crippen LogP contribution in [0.25, 0.3) is 65.7 Å². The lowest BCUT2D eigenvalue weighted by Gasteiger charge is -2.27. The van der Waals surface area contributed by atoms with Crippen LogP contribution in [0.3, 0.4) is 0 Å². The Balaban J connectivity index is 1.26. The second kappa shape index (κ2) is 12.3. The minimum Gasteiger partial charge on any atom is -0.310 e. The fraction of sp³-hybridized carbons (Fsp3) is 0. The first-order valence-electron chi connectivity index (χ1n) is 16.9. The summed E-state index contributed by atoms with van der Waals surface area (Å²) in [6, 6.07) is 72.4. The highest BCUT2D eigenvalue weighted by Gasteiger charge is 2.19. The third kappa shape index (κ3) is 5.23. The molecule has 0 atom stereocenters. The van der Waals surface area contributed by atoms with Gasteiger partial charge in [-0.15, -0.1) is 0 Å².